The molecule has 0 heterocycles. The molecule has 9 N–H and O–H groups in total. The summed E-state index contributed by atoms with van der Waals surface area (Å²) < 4.78 is 0. The summed E-state index contributed by atoms with van der Waals surface area (Å²) in [6.07, 6.45) is 1.16. The molecule has 0 saturated heterocycles. The Balaban J connectivity index is 5.49. The van der Waals surface area contributed by atoms with Crippen LogP contribution in [0.2, 0.25) is 0 Å². The van der Waals surface area contributed by atoms with E-state index in [1.54, 1.807) is 13.8 Å². The van der Waals surface area contributed by atoms with Crippen molar-refractivity contribution in [1.82, 2.24) is 16.0 Å². The van der Waals surface area contributed by atoms with Crippen molar-refractivity contribution in [2.24, 2.45) is 23.3 Å². The zero-order valence-corrected chi connectivity index (χ0v) is 20.5. The van der Waals surface area contributed by atoms with Crippen molar-refractivity contribution < 1.29 is 34.2 Å². The van der Waals surface area contributed by atoms with Crippen LogP contribution in [-0.2, 0) is 24.0 Å². The minimum absolute atomic E-state index is 0.114. The van der Waals surface area contributed by atoms with Gasteiger partial charge in [0.05, 0.1) is 6.04 Å². The van der Waals surface area contributed by atoms with Crippen molar-refractivity contribution >= 4 is 29.7 Å². The van der Waals surface area contributed by atoms with Crippen LogP contribution in [0.1, 0.15) is 66.2 Å². The predicted octanol–water partition coefficient (Wildman–Crippen LogP) is -0.451. The van der Waals surface area contributed by atoms with E-state index in [2.05, 4.69) is 16.0 Å². The highest BCUT2D eigenvalue weighted by Crippen LogP contribution is 2.10. The number of carbonyl (C=O) groups is 5. The fraction of sp³-hybridized carbons (Fsp3) is 0.773. The average molecular weight is 488 g/mol. The molecule has 12 heteroatoms. The molecule has 0 aliphatic heterocycles. The topological polar surface area (TPSA) is 214 Å². The number of amides is 3. The number of nitrogens with two attached hydrogens (primary N) is 2. The molecule has 3 amide bonds. The Hall–Kier alpha value is -2.73. The lowest BCUT2D eigenvalue weighted by molar-refractivity contribution is -0.143. The lowest BCUT2D eigenvalue weighted by atomic mass is 9.97. The number of hydrogen-bond acceptors (Lipinski definition) is 7. The molecule has 12 nitrogen and oxygen atoms in total. The first-order valence-electron chi connectivity index (χ1n) is 11.7. The molecule has 0 aromatic heterocycles. The Bertz CT molecular complexity index is 701. The maximum Gasteiger partial charge on any atom is 0.326 e. The van der Waals surface area contributed by atoms with Crippen molar-refractivity contribution in [3.63, 3.8) is 0 Å². The second-order valence-corrected chi connectivity index (χ2v) is 8.82. The standard InChI is InChI=1S/C22H41N5O7/c1-5-13(4)17(24)20(31)27-18(12(2)3)21(32)25-14(9-10-16(28)29)19(30)26-15(22(33)34)8-6-7-11-23/h12-15,17-18H,5-11,23-24H2,1-4H3,(H,25,32)(H,26,30)(H,27,31)(H,28,29)(H,33,34). The molecular weight excluding hydrogens is 446 g/mol. The molecule has 0 rings (SSSR count). The normalized spacial score (nSPS) is 15.5. The highest BCUT2D eigenvalue weighted by molar-refractivity contribution is 5.94. The Kier molecular flexibility index (Phi) is 14.7. The number of hydrogen-bond donors (Lipinski definition) is 7. The first kappa shape index (κ1) is 31.3. The maximum absolute atomic E-state index is 12.9. The average Bonchev–Trinajstić information content (AvgIpc) is 2.77. The van der Waals surface area contributed by atoms with Gasteiger partial charge in [0.1, 0.15) is 18.1 Å². The number of unbranched alkanes of at least 4 members (excludes halogenated alkanes) is 1. The van der Waals surface area contributed by atoms with Gasteiger partial charge >= 0.3 is 11.9 Å². The fourth-order valence-corrected chi connectivity index (χ4v) is 3.12. The number of carbonyl (C=O) groups excluding carboxylic acids is 3. The molecule has 0 spiro atoms. The molecule has 0 aromatic rings. The third kappa shape index (κ3) is 11.4. The minimum atomic E-state index is -1.30. The molecule has 34 heavy (non-hydrogen) atoms. The summed E-state index contributed by atoms with van der Waals surface area (Å²) in [5.74, 6) is -4.93. The number of carboxylic acid groups (broad SMARTS) is 2. The smallest absolute Gasteiger partial charge is 0.326 e. The first-order valence-corrected chi connectivity index (χ1v) is 11.7. The Morgan fingerprint density at radius 1 is 0.824 bits per heavy atom. The molecule has 0 aliphatic carbocycles. The van der Waals surface area contributed by atoms with Crippen LogP contribution in [0.4, 0.5) is 0 Å². The molecule has 0 fully saturated rings. The van der Waals surface area contributed by atoms with Crippen LogP contribution in [0.15, 0.2) is 0 Å². The summed E-state index contributed by atoms with van der Waals surface area (Å²) in [5.41, 5.74) is 11.4. The van der Waals surface area contributed by atoms with Gasteiger partial charge in [-0.3, -0.25) is 19.2 Å². The molecule has 0 saturated carbocycles. The minimum Gasteiger partial charge on any atom is -0.481 e. The van der Waals surface area contributed by atoms with Crippen LogP contribution in [0.3, 0.4) is 0 Å². The second-order valence-electron chi connectivity index (χ2n) is 8.82. The molecule has 196 valence electrons. The van der Waals surface area contributed by atoms with E-state index in [-0.39, 0.29) is 24.7 Å². The Morgan fingerprint density at radius 2 is 1.41 bits per heavy atom. The number of aliphatic carboxylic acids is 2. The lowest BCUT2D eigenvalue weighted by Crippen LogP contribution is -2.59. The number of carboxylic acids is 2. The van der Waals surface area contributed by atoms with Gasteiger partial charge in [-0.1, -0.05) is 34.1 Å². The third-order valence-electron chi connectivity index (χ3n) is 5.65. The van der Waals surface area contributed by atoms with Gasteiger partial charge in [0.25, 0.3) is 0 Å². The van der Waals surface area contributed by atoms with Gasteiger partial charge in [-0.05, 0) is 44.1 Å². The molecule has 5 atom stereocenters. The van der Waals surface area contributed by atoms with Gasteiger partial charge in [-0.15, -0.1) is 0 Å². The maximum atomic E-state index is 12.9. The van der Waals surface area contributed by atoms with E-state index in [9.17, 15) is 29.1 Å². The van der Waals surface area contributed by atoms with Crippen molar-refractivity contribution in [1.29, 1.82) is 0 Å². The quantitative estimate of drug-likeness (QED) is 0.132. The Labute approximate surface area is 200 Å². The predicted molar refractivity (Wildman–Crippen MR) is 125 cm³/mol. The van der Waals surface area contributed by atoms with Crippen molar-refractivity contribution in [2.75, 3.05) is 6.54 Å². The highest BCUT2D eigenvalue weighted by Gasteiger charge is 2.32. The van der Waals surface area contributed by atoms with Crippen molar-refractivity contribution in [2.45, 2.75) is 90.4 Å². The van der Waals surface area contributed by atoms with E-state index in [4.69, 9.17) is 16.6 Å². The van der Waals surface area contributed by atoms with E-state index in [0.717, 1.165) is 0 Å². The SMILES string of the molecule is CCC(C)C(N)C(=O)NC(C(=O)NC(CCC(=O)O)C(=O)NC(CCCCN)C(=O)O)C(C)C. The van der Waals surface area contributed by atoms with Crippen LogP contribution in [0.5, 0.6) is 0 Å². The fourth-order valence-electron chi connectivity index (χ4n) is 3.12. The van der Waals surface area contributed by atoms with E-state index in [1.807, 2.05) is 13.8 Å². The van der Waals surface area contributed by atoms with Gasteiger partial charge in [0, 0.05) is 6.42 Å². The van der Waals surface area contributed by atoms with Gasteiger partial charge in [-0.2, -0.15) is 0 Å². The second kappa shape index (κ2) is 16.0. The van der Waals surface area contributed by atoms with Crippen molar-refractivity contribution in [3.8, 4) is 0 Å². The molecular formula is C22H41N5O7. The van der Waals surface area contributed by atoms with Gasteiger partial charge in [0.15, 0.2) is 0 Å². The Morgan fingerprint density at radius 3 is 1.88 bits per heavy atom. The lowest BCUT2D eigenvalue weighted by Gasteiger charge is -2.27. The summed E-state index contributed by atoms with van der Waals surface area (Å²) in [7, 11) is 0. The monoisotopic (exact) mass is 487 g/mol. The summed E-state index contributed by atoms with van der Waals surface area (Å²) in [6, 6.07) is -4.36. The summed E-state index contributed by atoms with van der Waals surface area (Å²) in [5, 5.41) is 25.9. The molecule has 0 bridgehead atoms. The van der Waals surface area contributed by atoms with E-state index in [0.29, 0.717) is 25.8 Å². The zero-order valence-electron chi connectivity index (χ0n) is 20.5. The van der Waals surface area contributed by atoms with Crippen LogP contribution >= 0.6 is 0 Å². The largest absolute Gasteiger partial charge is 0.481 e. The van der Waals surface area contributed by atoms with Crippen LogP contribution in [0, 0.1) is 11.8 Å². The zero-order chi connectivity index (χ0) is 26.4. The molecule has 5 unspecified atom stereocenters. The van der Waals surface area contributed by atoms with Crippen LogP contribution in [0.25, 0.3) is 0 Å². The molecule has 0 aromatic carbocycles. The molecule has 0 aliphatic rings. The van der Waals surface area contributed by atoms with Crippen LogP contribution in [-0.4, -0.2) is 70.6 Å². The van der Waals surface area contributed by atoms with Gasteiger partial charge < -0.3 is 37.6 Å². The number of rotatable bonds is 17. The van der Waals surface area contributed by atoms with Crippen LogP contribution < -0.4 is 27.4 Å². The van der Waals surface area contributed by atoms with E-state index < -0.39 is 60.2 Å². The van der Waals surface area contributed by atoms with E-state index in [1.165, 1.54) is 0 Å². The van der Waals surface area contributed by atoms with Gasteiger partial charge in [-0.25, -0.2) is 4.79 Å². The summed E-state index contributed by atoms with van der Waals surface area (Å²) in [4.78, 5) is 60.8. The third-order valence-corrected chi connectivity index (χ3v) is 5.65. The van der Waals surface area contributed by atoms with Gasteiger partial charge in [0.2, 0.25) is 17.7 Å². The first-order chi connectivity index (χ1) is 15.8. The summed E-state index contributed by atoms with van der Waals surface area (Å²) >= 11 is 0. The molecule has 0 radical (unpaired) electrons. The summed E-state index contributed by atoms with van der Waals surface area (Å²) in [6.45, 7) is 7.47. The highest BCUT2D eigenvalue weighted by atomic mass is 16.4. The van der Waals surface area contributed by atoms with E-state index >= 15 is 0 Å². The van der Waals surface area contributed by atoms with Crippen molar-refractivity contribution in [3.05, 3.63) is 0 Å². The number of nitrogens with one attached hydrogen (secondary N) is 3.